The van der Waals surface area contributed by atoms with Crippen molar-refractivity contribution >= 4 is 11.6 Å². The van der Waals surface area contributed by atoms with Gasteiger partial charge >= 0.3 is 0 Å². The molecule has 0 saturated heterocycles. The Morgan fingerprint density at radius 3 is 2.47 bits per heavy atom. The highest BCUT2D eigenvalue weighted by Crippen LogP contribution is 2.14. The summed E-state index contributed by atoms with van der Waals surface area (Å²) in [5.74, 6) is -4.18. The minimum Gasteiger partial charge on any atom is -0.296 e. The summed E-state index contributed by atoms with van der Waals surface area (Å²) < 4.78 is 39.1. The van der Waals surface area contributed by atoms with Gasteiger partial charge in [-0.1, -0.05) is 6.92 Å². The molecule has 17 heavy (non-hydrogen) atoms. The molecule has 0 radical (unpaired) electrons. The summed E-state index contributed by atoms with van der Waals surface area (Å²) in [6.45, 7) is 1.66. The number of ketones is 2. The van der Waals surface area contributed by atoms with E-state index in [9.17, 15) is 22.8 Å². The summed E-state index contributed by atoms with van der Waals surface area (Å²) in [7, 11) is 0. The first-order valence-corrected chi connectivity index (χ1v) is 5.13. The van der Waals surface area contributed by atoms with Gasteiger partial charge in [-0.25, -0.2) is 13.2 Å². The second-order valence-corrected chi connectivity index (χ2v) is 3.57. The Labute approximate surface area is 96.4 Å². The normalized spacial score (nSPS) is 12.2. The Balaban J connectivity index is 2.92. The van der Waals surface area contributed by atoms with Crippen LogP contribution in [0.2, 0.25) is 0 Å². The van der Waals surface area contributed by atoms with E-state index in [0.29, 0.717) is 12.5 Å². The first-order chi connectivity index (χ1) is 7.97. The van der Waals surface area contributed by atoms with Gasteiger partial charge in [0, 0.05) is 12.5 Å². The predicted octanol–water partition coefficient (Wildman–Crippen LogP) is 2.85. The van der Waals surface area contributed by atoms with Crippen LogP contribution in [0.4, 0.5) is 13.2 Å². The number of alkyl halides is 1. The van der Waals surface area contributed by atoms with Crippen LogP contribution in [0.3, 0.4) is 0 Å². The van der Waals surface area contributed by atoms with E-state index >= 15 is 0 Å². The maximum absolute atomic E-state index is 13.4. The van der Waals surface area contributed by atoms with Gasteiger partial charge < -0.3 is 0 Å². The second-order valence-electron chi connectivity index (χ2n) is 3.57. The fourth-order valence-electron chi connectivity index (χ4n) is 1.35. The van der Waals surface area contributed by atoms with Gasteiger partial charge in [0.1, 0.15) is 11.6 Å². The molecule has 0 amide bonds. The van der Waals surface area contributed by atoms with Gasteiger partial charge in [0.25, 0.3) is 0 Å². The standard InChI is InChI=1S/C12H11F3O2/c1-2-3-10(16)11(15)12(17)8-5-4-7(13)6-9(8)14/h4-6,11H,2-3H2,1H3. The molecule has 0 aliphatic rings. The van der Waals surface area contributed by atoms with E-state index in [0.717, 1.165) is 12.1 Å². The highest BCUT2D eigenvalue weighted by atomic mass is 19.1. The maximum atomic E-state index is 13.4. The van der Waals surface area contributed by atoms with Gasteiger partial charge in [-0.05, 0) is 18.6 Å². The number of rotatable bonds is 5. The van der Waals surface area contributed by atoms with E-state index in [2.05, 4.69) is 0 Å². The summed E-state index contributed by atoms with van der Waals surface area (Å²) >= 11 is 0. The average molecular weight is 244 g/mol. The number of hydrogen-bond donors (Lipinski definition) is 0. The third kappa shape index (κ3) is 3.15. The quantitative estimate of drug-likeness (QED) is 0.589. The van der Waals surface area contributed by atoms with Gasteiger partial charge in [0.2, 0.25) is 12.0 Å². The molecule has 0 aliphatic heterocycles. The SMILES string of the molecule is CCCC(=O)C(F)C(=O)c1ccc(F)cc1F. The van der Waals surface area contributed by atoms with Crippen molar-refractivity contribution in [2.75, 3.05) is 0 Å². The van der Waals surface area contributed by atoms with Crippen molar-refractivity contribution in [2.45, 2.75) is 25.9 Å². The monoisotopic (exact) mass is 244 g/mol. The molecule has 1 aromatic rings. The van der Waals surface area contributed by atoms with E-state index in [-0.39, 0.29) is 6.42 Å². The van der Waals surface area contributed by atoms with Crippen molar-refractivity contribution in [3.8, 4) is 0 Å². The van der Waals surface area contributed by atoms with E-state index in [1.54, 1.807) is 6.92 Å². The highest BCUT2D eigenvalue weighted by molar-refractivity contribution is 6.13. The molecule has 1 atom stereocenters. The number of halogens is 3. The molecule has 5 heteroatoms. The third-order valence-corrected chi connectivity index (χ3v) is 2.21. The molecule has 0 spiro atoms. The summed E-state index contributed by atoms with van der Waals surface area (Å²) in [4.78, 5) is 22.6. The molecule has 1 aromatic carbocycles. The van der Waals surface area contributed by atoms with Crippen molar-refractivity contribution < 1.29 is 22.8 Å². The fourth-order valence-corrected chi connectivity index (χ4v) is 1.35. The minimum atomic E-state index is -2.38. The smallest absolute Gasteiger partial charge is 0.220 e. The molecule has 1 unspecified atom stereocenters. The van der Waals surface area contributed by atoms with Crippen molar-refractivity contribution in [1.29, 1.82) is 0 Å². The molecule has 2 nitrogen and oxygen atoms in total. The van der Waals surface area contributed by atoms with Crippen LogP contribution in [0, 0.1) is 11.6 Å². The largest absolute Gasteiger partial charge is 0.296 e. The molecule has 0 aromatic heterocycles. The van der Waals surface area contributed by atoms with Gasteiger partial charge in [0.05, 0.1) is 5.56 Å². The van der Waals surface area contributed by atoms with Crippen LogP contribution in [-0.4, -0.2) is 17.7 Å². The number of carbonyl (C=O) groups excluding carboxylic acids is 2. The zero-order chi connectivity index (χ0) is 13.0. The van der Waals surface area contributed by atoms with Crippen LogP contribution in [0.1, 0.15) is 30.1 Å². The van der Waals surface area contributed by atoms with E-state index in [1.807, 2.05) is 0 Å². The minimum absolute atomic E-state index is 0.0876. The number of carbonyl (C=O) groups is 2. The van der Waals surface area contributed by atoms with E-state index in [4.69, 9.17) is 0 Å². The first-order valence-electron chi connectivity index (χ1n) is 5.13. The molecule has 0 fully saturated rings. The highest BCUT2D eigenvalue weighted by Gasteiger charge is 2.28. The molecular weight excluding hydrogens is 233 g/mol. The van der Waals surface area contributed by atoms with Gasteiger partial charge in [-0.15, -0.1) is 0 Å². The van der Waals surface area contributed by atoms with Gasteiger partial charge in [-0.2, -0.15) is 0 Å². The molecule has 0 N–H and O–H groups in total. The molecular formula is C12H11F3O2. The van der Waals surface area contributed by atoms with Crippen LogP contribution >= 0.6 is 0 Å². The zero-order valence-corrected chi connectivity index (χ0v) is 9.17. The van der Waals surface area contributed by atoms with Crippen molar-refractivity contribution in [2.24, 2.45) is 0 Å². The number of benzene rings is 1. The van der Waals surface area contributed by atoms with Crippen molar-refractivity contribution in [3.63, 3.8) is 0 Å². The number of hydrogen-bond acceptors (Lipinski definition) is 2. The van der Waals surface area contributed by atoms with Crippen LogP contribution < -0.4 is 0 Å². The zero-order valence-electron chi connectivity index (χ0n) is 9.17. The first kappa shape index (κ1) is 13.4. The Morgan fingerprint density at radius 1 is 1.29 bits per heavy atom. The van der Waals surface area contributed by atoms with Crippen LogP contribution in [0.25, 0.3) is 0 Å². The fraction of sp³-hybridized carbons (Fsp3) is 0.333. The summed E-state index contributed by atoms with van der Waals surface area (Å²) in [5.41, 5.74) is -0.608. The molecule has 0 heterocycles. The van der Waals surface area contributed by atoms with E-state index < -0.39 is 34.9 Å². The lowest BCUT2D eigenvalue weighted by Gasteiger charge is -2.06. The van der Waals surface area contributed by atoms with Crippen LogP contribution in [-0.2, 0) is 4.79 Å². The van der Waals surface area contributed by atoms with E-state index in [1.165, 1.54) is 0 Å². The third-order valence-electron chi connectivity index (χ3n) is 2.21. The lowest BCUT2D eigenvalue weighted by atomic mass is 10.0. The lowest BCUT2D eigenvalue weighted by molar-refractivity contribution is -0.122. The molecule has 92 valence electrons. The topological polar surface area (TPSA) is 34.1 Å². The van der Waals surface area contributed by atoms with Crippen molar-refractivity contribution in [1.82, 2.24) is 0 Å². The predicted molar refractivity (Wildman–Crippen MR) is 55.5 cm³/mol. The van der Waals surface area contributed by atoms with Crippen LogP contribution in [0.5, 0.6) is 0 Å². The van der Waals surface area contributed by atoms with Gasteiger partial charge in [-0.3, -0.25) is 9.59 Å². The van der Waals surface area contributed by atoms with Crippen molar-refractivity contribution in [3.05, 3.63) is 35.4 Å². The summed E-state index contributed by atoms with van der Waals surface area (Å²) in [5, 5.41) is 0. The Bertz CT molecular complexity index is 443. The average Bonchev–Trinajstić information content (AvgIpc) is 2.27. The molecule has 0 saturated carbocycles. The second kappa shape index (κ2) is 5.61. The molecule has 0 bridgehead atoms. The summed E-state index contributed by atoms with van der Waals surface area (Å²) in [6, 6.07) is 2.15. The van der Waals surface area contributed by atoms with Crippen LogP contribution in [0.15, 0.2) is 18.2 Å². The maximum Gasteiger partial charge on any atom is 0.220 e. The Morgan fingerprint density at radius 2 is 1.94 bits per heavy atom. The Kier molecular flexibility index (Phi) is 4.43. The Hall–Kier alpha value is -1.65. The molecule has 1 rings (SSSR count). The number of Topliss-reactive ketones (excluding diaryl/α,β-unsaturated/α-hetero) is 2. The van der Waals surface area contributed by atoms with Gasteiger partial charge in [0.15, 0.2) is 5.78 Å². The molecule has 0 aliphatic carbocycles. The lowest BCUT2D eigenvalue weighted by Crippen LogP contribution is -2.26. The summed E-state index contributed by atoms with van der Waals surface area (Å²) in [6.07, 6.45) is -2.07.